The van der Waals surface area contributed by atoms with Crippen molar-refractivity contribution in [2.45, 2.75) is 83.5 Å². The number of carbonyl (C=O) groups excluding carboxylic acids is 3. The van der Waals surface area contributed by atoms with Gasteiger partial charge in [-0.05, 0) is 70.6 Å². The smallest absolute Gasteiger partial charge is 0.312 e. The zero-order valence-corrected chi connectivity index (χ0v) is 21.3. The fraction of sp³-hybridized carbons (Fsp3) is 0.667. The molecule has 2 amide bonds. The molecule has 1 aromatic carbocycles. The molecular weight excluding hydrogens is 448 g/mol. The molecule has 8 heteroatoms. The van der Waals surface area contributed by atoms with Crippen molar-refractivity contribution in [1.29, 1.82) is 0 Å². The second-order valence-electron chi connectivity index (χ2n) is 10.5. The van der Waals surface area contributed by atoms with Crippen LogP contribution in [0.15, 0.2) is 18.2 Å². The number of rotatable bonds is 10. The van der Waals surface area contributed by atoms with Gasteiger partial charge in [0, 0.05) is 18.8 Å². The molecule has 5 atom stereocenters. The molecule has 0 saturated carbocycles. The molecule has 4 rings (SSSR count). The van der Waals surface area contributed by atoms with Gasteiger partial charge >= 0.3 is 5.97 Å². The highest BCUT2D eigenvalue weighted by Gasteiger charge is 2.78. The lowest BCUT2D eigenvalue weighted by Crippen LogP contribution is -2.53. The number of likely N-dealkylation sites (tertiary alicyclic amines) is 1. The number of aliphatic hydroxyl groups excluding tert-OH is 1. The summed E-state index contributed by atoms with van der Waals surface area (Å²) in [4.78, 5) is 42.4. The van der Waals surface area contributed by atoms with Gasteiger partial charge in [0.15, 0.2) is 0 Å². The highest BCUT2D eigenvalue weighted by Crippen LogP contribution is 2.63. The zero-order valence-electron chi connectivity index (χ0n) is 21.3. The number of esters is 1. The molecule has 2 N–H and O–H groups in total. The minimum atomic E-state index is -1.05. The Morgan fingerprint density at radius 3 is 2.66 bits per heavy atom. The van der Waals surface area contributed by atoms with Crippen LogP contribution < -0.4 is 5.32 Å². The van der Waals surface area contributed by atoms with Crippen molar-refractivity contribution in [2.24, 2.45) is 11.8 Å². The first-order valence-corrected chi connectivity index (χ1v) is 12.8. The third-order valence-electron chi connectivity index (χ3n) is 8.02. The molecule has 2 bridgehead atoms. The highest BCUT2D eigenvalue weighted by molar-refractivity contribution is 6.03. The highest BCUT2D eigenvalue weighted by atomic mass is 16.6. The summed E-state index contributed by atoms with van der Waals surface area (Å²) in [5, 5.41) is 12.1. The van der Waals surface area contributed by atoms with Gasteiger partial charge in [-0.1, -0.05) is 25.0 Å². The summed E-state index contributed by atoms with van der Waals surface area (Å²) in [6.07, 6.45) is 4.26. The second-order valence-corrected chi connectivity index (χ2v) is 10.5. The van der Waals surface area contributed by atoms with Crippen molar-refractivity contribution in [3.05, 3.63) is 29.3 Å². The number of aryl methyl sites for hydroxylation is 2. The number of benzene rings is 1. The van der Waals surface area contributed by atoms with Crippen LogP contribution in [0.3, 0.4) is 0 Å². The number of anilines is 1. The SMILES string of the molecule is CCOC(=O)[C@H]1[C@H]2C(=O)N(CCCCCCO)C(C(=O)Nc3cc(C)ccc3C)C23CC[C@]1(C)O3. The summed E-state index contributed by atoms with van der Waals surface area (Å²) in [5.41, 5.74) is 0.809. The van der Waals surface area contributed by atoms with E-state index >= 15 is 0 Å². The summed E-state index contributed by atoms with van der Waals surface area (Å²) in [5.74, 6) is -2.35. The van der Waals surface area contributed by atoms with E-state index in [9.17, 15) is 14.4 Å². The molecule has 8 nitrogen and oxygen atoms in total. The van der Waals surface area contributed by atoms with Gasteiger partial charge in [0.05, 0.1) is 18.1 Å². The average molecular weight is 487 g/mol. The van der Waals surface area contributed by atoms with E-state index < -0.39 is 35.0 Å². The molecule has 3 heterocycles. The number of ether oxygens (including phenoxy) is 2. The molecule has 0 radical (unpaired) electrons. The maximum absolute atomic E-state index is 13.9. The van der Waals surface area contributed by atoms with Crippen molar-refractivity contribution >= 4 is 23.5 Å². The van der Waals surface area contributed by atoms with Gasteiger partial charge in [-0.25, -0.2) is 0 Å². The Labute approximate surface area is 207 Å². The third-order valence-corrected chi connectivity index (χ3v) is 8.02. The number of nitrogens with one attached hydrogen (secondary N) is 1. The Morgan fingerprint density at radius 2 is 1.94 bits per heavy atom. The number of nitrogens with zero attached hydrogens (tertiary/aromatic N) is 1. The van der Waals surface area contributed by atoms with Gasteiger partial charge in [-0.15, -0.1) is 0 Å². The number of aliphatic hydroxyl groups is 1. The largest absolute Gasteiger partial charge is 0.466 e. The van der Waals surface area contributed by atoms with Gasteiger partial charge in [0.1, 0.15) is 17.6 Å². The molecule has 0 aromatic heterocycles. The lowest BCUT2D eigenvalue weighted by molar-refractivity contribution is -0.158. The van der Waals surface area contributed by atoms with Crippen molar-refractivity contribution < 1.29 is 29.0 Å². The molecule has 3 aliphatic rings. The summed E-state index contributed by atoms with van der Waals surface area (Å²) in [7, 11) is 0. The minimum Gasteiger partial charge on any atom is -0.466 e. The molecule has 3 saturated heterocycles. The minimum absolute atomic E-state index is 0.141. The first-order chi connectivity index (χ1) is 16.7. The third kappa shape index (κ3) is 4.35. The maximum atomic E-state index is 13.9. The van der Waals surface area contributed by atoms with Crippen LogP contribution in [0.5, 0.6) is 0 Å². The Balaban J connectivity index is 1.67. The van der Waals surface area contributed by atoms with Crippen LogP contribution >= 0.6 is 0 Å². The molecule has 0 aliphatic carbocycles. The average Bonchev–Trinajstić information content (AvgIpc) is 3.37. The number of unbranched alkanes of at least 4 members (excludes halogenated alkanes) is 3. The van der Waals surface area contributed by atoms with Crippen LogP contribution in [0.4, 0.5) is 5.69 Å². The van der Waals surface area contributed by atoms with Crippen LogP contribution in [-0.2, 0) is 23.9 Å². The topological polar surface area (TPSA) is 105 Å². The van der Waals surface area contributed by atoms with Crippen LogP contribution in [-0.4, -0.2) is 64.8 Å². The molecule has 3 aliphatic heterocycles. The van der Waals surface area contributed by atoms with Crippen molar-refractivity contribution in [3.8, 4) is 0 Å². The standard InChI is InChI=1S/C27H38N2O6/c1-5-34-25(33)21-20-24(32)29(14-8-6-7-9-15-30)22(27(20)13-12-26(21,4)35-27)23(31)28-19-16-17(2)10-11-18(19)3/h10-11,16,20-22,30H,5-9,12-15H2,1-4H3,(H,28,31)/t20-,21+,22?,26-,27?/m0/s1. The number of hydrogen-bond acceptors (Lipinski definition) is 6. The van der Waals surface area contributed by atoms with Crippen molar-refractivity contribution in [2.75, 3.05) is 25.1 Å². The molecule has 3 fully saturated rings. The van der Waals surface area contributed by atoms with Crippen LogP contribution in [0, 0.1) is 25.7 Å². The summed E-state index contributed by atoms with van der Waals surface area (Å²) < 4.78 is 11.9. The number of amides is 2. The maximum Gasteiger partial charge on any atom is 0.312 e. The van der Waals surface area contributed by atoms with Crippen LogP contribution in [0.2, 0.25) is 0 Å². The Morgan fingerprint density at radius 1 is 1.20 bits per heavy atom. The van der Waals surface area contributed by atoms with Crippen molar-refractivity contribution in [1.82, 2.24) is 4.90 Å². The first kappa shape index (κ1) is 25.6. The zero-order chi connectivity index (χ0) is 25.4. The fourth-order valence-electron chi connectivity index (χ4n) is 6.38. The Kier molecular flexibility index (Phi) is 7.25. The van der Waals surface area contributed by atoms with E-state index in [0.29, 0.717) is 37.9 Å². The van der Waals surface area contributed by atoms with E-state index in [1.54, 1.807) is 11.8 Å². The molecule has 2 unspecified atom stereocenters. The molecule has 35 heavy (non-hydrogen) atoms. The second kappa shape index (κ2) is 9.90. The van der Waals surface area contributed by atoms with Gasteiger partial charge in [0.2, 0.25) is 11.8 Å². The summed E-state index contributed by atoms with van der Waals surface area (Å²) in [6.45, 7) is 8.29. The lowest BCUT2D eigenvalue weighted by Gasteiger charge is -2.33. The predicted molar refractivity (Wildman–Crippen MR) is 131 cm³/mol. The molecular formula is C27H38N2O6. The Bertz CT molecular complexity index is 996. The monoisotopic (exact) mass is 486 g/mol. The van der Waals surface area contributed by atoms with E-state index in [2.05, 4.69) is 5.32 Å². The fourth-order valence-corrected chi connectivity index (χ4v) is 6.38. The quantitative estimate of drug-likeness (QED) is 0.389. The van der Waals surface area contributed by atoms with E-state index in [1.807, 2.05) is 39.0 Å². The van der Waals surface area contributed by atoms with Crippen molar-refractivity contribution in [3.63, 3.8) is 0 Å². The number of carbonyl (C=O) groups is 3. The van der Waals surface area contributed by atoms with E-state index in [1.165, 1.54) is 0 Å². The first-order valence-electron chi connectivity index (χ1n) is 12.8. The summed E-state index contributed by atoms with van der Waals surface area (Å²) in [6, 6.07) is 5.05. The van der Waals surface area contributed by atoms with Crippen LogP contribution in [0.1, 0.15) is 63.5 Å². The molecule has 192 valence electrons. The van der Waals surface area contributed by atoms with Gasteiger partial charge in [-0.3, -0.25) is 14.4 Å². The normalized spacial score (nSPS) is 31.1. The van der Waals surface area contributed by atoms with E-state index in [-0.39, 0.29) is 25.0 Å². The van der Waals surface area contributed by atoms with E-state index in [0.717, 1.165) is 24.0 Å². The van der Waals surface area contributed by atoms with Gasteiger partial charge in [0.25, 0.3) is 0 Å². The summed E-state index contributed by atoms with van der Waals surface area (Å²) >= 11 is 0. The lowest BCUT2D eigenvalue weighted by atomic mass is 9.66. The molecule has 1 aromatic rings. The molecule has 1 spiro atoms. The van der Waals surface area contributed by atoms with Gasteiger partial charge in [-0.2, -0.15) is 0 Å². The number of fused-ring (bicyclic) bond motifs is 1. The number of hydrogen-bond donors (Lipinski definition) is 2. The predicted octanol–water partition coefficient (Wildman–Crippen LogP) is 3.12. The van der Waals surface area contributed by atoms with E-state index in [4.69, 9.17) is 14.6 Å². The van der Waals surface area contributed by atoms with Gasteiger partial charge < -0.3 is 24.8 Å². The van der Waals surface area contributed by atoms with Crippen LogP contribution in [0.25, 0.3) is 0 Å². The Hall–Kier alpha value is -2.45.